The maximum Gasteiger partial charge on any atom is 0.113 e. The van der Waals surface area contributed by atoms with E-state index in [4.69, 9.17) is 7.85 Å². The third kappa shape index (κ3) is 11.9. The molecule has 1 heterocycles. The molecule has 0 bridgehead atoms. The Bertz CT molecular complexity index is 1070. The lowest BCUT2D eigenvalue weighted by Gasteiger charge is -2.35. The molecule has 0 saturated carbocycles. The lowest BCUT2D eigenvalue weighted by Crippen LogP contribution is -2.36. The quantitative estimate of drug-likeness (QED) is 0.269. The number of allylic oxidation sites excluding steroid dienone is 7. The van der Waals surface area contributed by atoms with E-state index in [0.29, 0.717) is 5.92 Å². The van der Waals surface area contributed by atoms with Crippen molar-refractivity contribution in [2.75, 3.05) is 19.6 Å². The minimum Gasteiger partial charge on any atom is -0.388 e. The van der Waals surface area contributed by atoms with E-state index in [1.807, 2.05) is 27.7 Å². The summed E-state index contributed by atoms with van der Waals surface area (Å²) in [6.07, 6.45) is 7.20. The van der Waals surface area contributed by atoms with Gasteiger partial charge in [0.2, 0.25) is 0 Å². The van der Waals surface area contributed by atoms with Crippen LogP contribution in [-0.2, 0) is 6.42 Å². The Morgan fingerprint density at radius 1 is 0.974 bits per heavy atom. The Morgan fingerprint density at radius 3 is 2.08 bits per heavy atom. The molecule has 0 aromatic heterocycles. The van der Waals surface area contributed by atoms with Gasteiger partial charge in [-0.2, -0.15) is 0 Å². The predicted octanol–water partition coefficient (Wildman–Crippen LogP) is 8.63. The van der Waals surface area contributed by atoms with Gasteiger partial charge in [-0.15, -0.1) is 0 Å². The van der Waals surface area contributed by atoms with Crippen molar-refractivity contribution in [2.45, 2.75) is 60.8 Å². The zero-order valence-electron chi connectivity index (χ0n) is 24.8. The van der Waals surface area contributed by atoms with Crippen LogP contribution in [0.5, 0.6) is 0 Å². The van der Waals surface area contributed by atoms with Gasteiger partial charge in [-0.25, -0.2) is 0 Å². The summed E-state index contributed by atoms with van der Waals surface area (Å²) < 4.78 is 0. The van der Waals surface area contributed by atoms with Crippen molar-refractivity contribution in [1.29, 1.82) is 0 Å². The number of nitrogens with zero attached hydrogens (tertiary/aromatic N) is 1. The molecule has 2 aromatic carbocycles. The van der Waals surface area contributed by atoms with Gasteiger partial charge in [0.1, 0.15) is 7.85 Å². The molecule has 1 aliphatic heterocycles. The molecule has 0 atom stereocenters. The molecule has 1 N–H and O–H groups in total. The molecular weight excluding hydrogens is 459 g/mol. The highest BCUT2D eigenvalue weighted by Gasteiger charge is 2.20. The van der Waals surface area contributed by atoms with Gasteiger partial charge in [0.25, 0.3) is 0 Å². The second-order valence-electron chi connectivity index (χ2n) is 9.87. The SMILES string of the molecule is C=C(/C=C(\C)NCC1CCN(C(=C)Cc2ccccc2)CC1)c1ccccc1C.CC.[B]C(C=C)=C(C)C. The number of nitrogens with one attached hydrogen (secondary N) is 1. The van der Waals surface area contributed by atoms with Crippen LogP contribution in [0, 0.1) is 12.8 Å². The van der Waals surface area contributed by atoms with Crippen LogP contribution in [0.15, 0.2) is 109 Å². The highest BCUT2D eigenvalue weighted by molar-refractivity contribution is 6.23. The van der Waals surface area contributed by atoms with Crippen molar-refractivity contribution in [3.63, 3.8) is 0 Å². The zero-order chi connectivity index (χ0) is 28.5. The van der Waals surface area contributed by atoms with Crippen LogP contribution in [0.3, 0.4) is 0 Å². The highest BCUT2D eigenvalue weighted by Crippen LogP contribution is 2.22. The van der Waals surface area contributed by atoms with Gasteiger partial charge in [-0.3, -0.25) is 0 Å². The number of hydrogen-bond donors (Lipinski definition) is 1. The van der Waals surface area contributed by atoms with Gasteiger partial charge < -0.3 is 10.2 Å². The fourth-order valence-corrected chi connectivity index (χ4v) is 4.23. The largest absolute Gasteiger partial charge is 0.388 e. The minimum atomic E-state index is 0.714. The van der Waals surface area contributed by atoms with Crippen molar-refractivity contribution in [1.82, 2.24) is 10.2 Å². The van der Waals surface area contributed by atoms with Gasteiger partial charge in [0, 0.05) is 37.4 Å². The van der Waals surface area contributed by atoms with E-state index in [2.05, 4.69) is 104 Å². The summed E-state index contributed by atoms with van der Waals surface area (Å²) in [5.41, 5.74) is 9.23. The summed E-state index contributed by atoms with van der Waals surface area (Å²) in [6, 6.07) is 19.1. The lowest BCUT2D eigenvalue weighted by molar-refractivity contribution is 0.222. The van der Waals surface area contributed by atoms with E-state index in [0.717, 1.165) is 42.7 Å². The lowest BCUT2D eigenvalue weighted by atomic mass is 9.92. The molecule has 0 spiro atoms. The summed E-state index contributed by atoms with van der Waals surface area (Å²) in [5.74, 6) is 0.714. The van der Waals surface area contributed by atoms with Gasteiger partial charge in [0.05, 0.1) is 0 Å². The fraction of sp³-hybridized carbons (Fsp3) is 0.371. The molecule has 1 fully saturated rings. The Balaban J connectivity index is 0.000000696. The first-order valence-electron chi connectivity index (χ1n) is 13.9. The molecule has 3 heteroatoms. The van der Waals surface area contributed by atoms with E-state index in [1.54, 1.807) is 6.08 Å². The summed E-state index contributed by atoms with van der Waals surface area (Å²) in [4.78, 5) is 2.46. The standard InChI is InChI=1S/C27H34N2.C6H9B.C2H6/c1-21-10-8-9-13-27(21)22(2)18-23(3)28-20-26-14-16-29(17-15-26)24(4)19-25-11-6-5-7-12-25;1-4-6(7)5(2)3;1-2/h5-13,18,26,28H,2,4,14-17,19-20H2,1,3H3;4H,1H2,2-3H3;1-2H3/b23-18+;;. The number of benzene rings is 2. The number of piperidine rings is 1. The van der Waals surface area contributed by atoms with Crippen LogP contribution in [0.4, 0.5) is 0 Å². The smallest absolute Gasteiger partial charge is 0.113 e. The third-order valence-corrected chi connectivity index (χ3v) is 6.66. The first kappa shape index (κ1) is 32.8. The molecule has 1 saturated heterocycles. The number of aryl methyl sites for hydroxylation is 1. The molecule has 38 heavy (non-hydrogen) atoms. The second kappa shape index (κ2) is 18.1. The van der Waals surface area contributed by atoms with Crippen molar-refractivity contribution in [3.05, 3.63) is 126 Å². The Kier molecular flexibility index (Phi) is 15.7. The van der Waals surface area contributed by atoms with Crippen LogP contribution < -0.4 is 5.32 Å². The zero-order valence-corrected chi connectivity index (χ0v) is 24.8. The topological polar surface area (TPSA) is 15.3 Å². The van der Waals surface area contributed by atoms with E-state index in [-0.39, 0.29) is 0 Å². The molecule has 2 radical (unpaired) electrons. The van der Waals surface area contributed by atoms with Crippen molar-refractivity contribution in [2.24, 2.45) is 5.92 Å². The van der Waals surface area contributed by atoms with Crippen molar-refractivity contribution < 1.29 is 0 Å². The molecule has 0 aliphatic carbocycles. The van der Waals surface area contributed by atoms with Crippen LogP contribution in [-0.4, -0.2) is 32.4 Å². The average molecular weight is 509 g/mol. The number of hydrogen-bond acceptors (Lipinski definition) is 2. The summed E-state index contributed by atoms with van der Waals surface area (Å²) in [7, 11) is 5.38. The second-order valence-corrected chi connectivity index (χ2v) is 9.87. The summed E-state index contributed by atoms with van der Waals surface area (Å²) >= 11 is 0. The molecule has 1 aliphatic rings. The molecule has 2 aromatic rings. The van der Waals surface area contributed by atoms with Gasteiger partial charge in [0.15, 0.2) is 0 Å². The summed E-state index contributed by atoms with van der Waals surface area (Å²) in [6.45, 7) is 27.5. The Labute approximate surface area is 235 Å². The van der Waals surface area contributed by atoms with Crippen LogP contribution in [0.25, 0.3) is 5.57 Å². The molecule has 3 rings (SSSR count). The minimum absolute atomic E-state index is 0.714. The van der Waals surface area contributed by atoms with Gasteiger partial charge in [-0.1, -0.05) is 105 Å². The van der Waals surface area contributed by atoms with Crippen LogP contribution in [0.1, 0.15) is 64.2 Å². The van der Waals surface area contributed by atoms with Crippen molar-refractivity contribution >= 4 is 13.4 Å². The third-order valence-electron chi connectivity index (χ3n) is 6.66. The normalized spacial score (nSPS) is 13.2. The van der Waals surface area contributed by atoms with Crippen LogP contribution >= 0.6 is 0 Å². The molecule has 0 unspecified atom stereocenters. The first-order valence-corrected chi connectivity index (χ1v) is 13.9. The maximum atomic E-state index is 5.38. The maximum absolute atomic E-state index is 5.38. The number of likely N-dealkylation sites (tertiary alicyclic amines) is 1. The monoisotopic (exact) mass is 508 g/mol. The Hall–Kier alpha value is -3.20. The van der Waals surface area contributed by atoms with Crippen LogP contribution in [0.2, 0.25) is 0 Å². The van der Waals surface area contributed by atoms with Gasteiger partial charge >= 0.3 is 0 Å². The van der Waals surface area contributed by atoms with E-state index < -0.39 is 0 Å². The van der Waals surface area contributed by atoms with Gasteiger partial charge in [-0.05, 0) is 74.8 Å². The predicted molar refractivity (Wildman–Crippen MR) is 171 cm³/mol. The van der Waals surface area contributed by atoms with E-state index in [9.17, 15) is 0 Å². The number of rotatable bonds is 9. The van der Waals surface area contributed by atoms with Crippen molar-refractivity contribution in [3.8, 4) is 0 Å². The fourth-order valence-electron chi connectivity index (χ4n) is 4.23. The first-order chi connectivity index (χ1) is 18.2. The van der Waals surface area contributed by atoms with E-state index in [1.165, 1.54) is 40.9 Å². The molecular formula is C35H49BN2. The molecule has 0 amide bonds. The molecule has 2 nitrogen and oxygen atoms in total. The highest BCUT2D eigenvalue weighted by atomic mass is 15.1. The Morgan fingerprint density at radius 2 is 1.55 bits per heavy atom. The van der Waals surface area contributed by atoms with E-state index >= 15 is 0 Å². The summed E-state index contributed by atoms with van der Waals surface area (Å²) in [5, 5.41) is 3.62. The average Bonchev–Trinajstić information content (AvgIpc) is 2.93. The molecule has 202 valence electrons.